The second kappa shape index (κ2) is 3.60. The van der Waals surface area contributed by atoms with Crippen LogP contribution in [-0.4, -0.2) is 21.5 Å². The number of hydrogen-bond acceptors (Lipinski definition) is 3. The Labute approximate surface area is 112 Å². The number of nitrogens with one attached hydrogen (secondary N) is 1. The third-order valence-corrected chi connectivity index (χ3v) is 3.53. The van der Waals surface area contributed by atoms with Crippen LogP contribution in [0, 0.1) is 5.82 Å². The van der Waals surface area contributed by atoms with E-state index in [1.165, 1.54) is 36.7 Å². The average Bonchev–Trinajstić information content (AvgIpc) is 2.83. The van der Waals surface area contributed by atoms with Crippen LogP contribution in [0.25, 0.3) is 10.9 Å². The lowest BCUT2D eigenvalue weighted by Crippen LogP contribution is -2.20. The molecule has 0 atom stereocenters. The fourth-order valence-electron chi connectivity index (χ4n) is 2.62. The van der Waals surface area contributed by atoms with Gasteiger partial charge >= 0.3 is 0 Å². The quantitative estimate of drug-likeness (QED) is 0.532. The van der Waals surface area contributed by atoms with Gasteiger partial charge in [-0.2, -0.15) is 0 Å². The first kappa shape index (κ1) is 11.0. The van der Waals surface area contributed by atoms with E-state index in [-0.39, 0.29) is 22.8 Å². The van der Waals surface area contributed by atoms with E-state index in [1.807, 2.05) is 0 Å². The van der Waals surface area contributed by atoms with Crippen molar-refractivity contribution in [2.45, 2.75) is 0 Å². The van der Waals surface area contributed by atoms with Crippen molar-refractivity contribution < 1.29 is 14.0 Å². The monoisotopic (exact) mass is 266 g/mol. The molecule has 5 heteroatoms. The number of aromatic nitrogens is 2. The number of pyridine rings is 1. The molecule has 1 aliphatic carbocycles. The molecule has 4 rings (SSSR count). The van der Waals surface area contributed by atoms with Gasteiger partial charge in [0.1, 0.15) is 5.82 Å². The molecule has 3 aromatic rings. The summed E-state index contributed by atoms with van der Waals surface area (Å²) in [6.45, 7) is 0. The first-order valence-electron chi connectivity index (χ1n) is 6.01. The molecule has 20 heavy (non-hydrogen) atoms. The van der Waals surface area contributed by atoms with Crippen LogP contribution in [0.3, 0.4) is 0 Å². The van der Waals surface area contributed by atoms with Crippen molar-refractivity contribution in [2.75, 3.05) is 0 Å². The lowest BCUT2D eigenvalue weighted by atomic mass is 9.88. The summed E-state index contributed by atoms with van der Waals surface area (Å²) >= 11 is 0. The fraction of sp³-hybridized carbons (Fsp3) is 0. The van der Waals surface area contributed by atoms with E-state index < -0.39 is 5.82 Å². The molecule has 0 saturated heterocycles. The van der Waals surface area contributed by atoms with Gasteiger partial charge in [0.2, 0.25) is 5.78 Å². The molecule has 0 aliphatic heterocycles. The number of ketones is 2. The Hall–Kier alpha value is -2.82. The van der Waals surface area contributed by atoms with Crippen LogP contribution in [0.1, 0.15) is 32.0 Å². The van der Waals surface area contributed by atoms with Crippen molar-refractivity contribution in [1.82, 2.24) is 9.97 Å². The Morgan fingerprint density at radius 1 is 1.05 bits per heavy atom. The predicted octanol–water partition coefficient (Wildman–Crippen LogP) is 2.48. The SMILES string of the molecule is O=C1c2ccncc2C(=O)c2c1[nH]c1cc(F)ccc21. The topological polar surface area (TPSA) is 62.8 Å². The lowest BCUT2D eigenvalue weighted by Gasteiger charge is -2.13. The molecule has 2 aromatic heterocycles. The third-order valence-electron chi connectivity index (χ3n) is 3.53. The van der Waals surface area contributed by atoms with Gasteiger partial charge in [0, 0.05) is 28.9 Å². The maximum Gasteiger partial charge on any atom is 0.210 e. The predicted molar refractivity (Wildman–Crippen MR) is 69.4 cm³/mol. The van der Waals surface area contributed by atoms with Gasteiger partial charge in [0.15, 0.2) is 5.78 Å². The van der Waals surface area contributed by atoms with E-state index in [0.29, 0.717) is 22.0 Å². The highest BCUT2D eigenvalue weighted by molar-refractivity contribution is 6.31. The van der Waals surface area contributed by atoms with Crippen LogP contribution in [0.2, 0.25) is 0 Å². The van der Waals surface area contributed by atoms with Crippen molar-refractivity contribution in [1.29, 1.82) is 0 Å². The Kier molecular flexibility index (Phi) is 1.99. The van der Waals surface area contributed by atoms with E-state index >= 15 is 0 Å². The summed E-state index contributed by atoms with van der Waals surface area (Å²) in [5.41, 5.74) is 1.57. The Bertz CT molecular complexity index is 911. The van der Waals surface area contributed by atoms with Crippen LogP contribution >= 0.6 is 0 Å². The van der Waals surface area contributed by atoms with E-state index in [9.17, 15) is 14.0 Å². The largest absolute Gasteiger partial charge is 0.351 e. The van der Waals surface area contributed by atoms with E-state index in [1.54, 1.807) is 0 Å². The van der Waals surface area contributed by atoms with E-state index in [4.69, 9.17) is 0 Å². The third kappa shape index (κ3) is 1.26. The first-order chi connectivity index (χ1) is 9.66. The molecule has 0 radical (unpaired) electrons. The highest BCUT2D eigenvalue weighted by atomic mass is 19.1. The minimum absolute atomic E-state index is 0.217. The number of hydrogen-bond donors (Lipinski definition) is 1. The molecule has 0 fully saturated rings. The molecular formula is C15H7FN2O2. The number of halogens is 1. The highest BCUT2D eigenvalue weighted by Crippen LogP contribution is 2.32. The number of H-pyrrole nitrogens is 1. The van der Waals surface area contributed by atoms with Crippen molar-refractivity contribution in [3.8, 4) is 0 Å². The van der Waals surface area contributed by atoms with Crippen LogP contribution < -0.4 is 0 Å². The standard InChI is InChI=1S/C15H7FN2O2/c16-7-1-2-9-11(5-7)18-13-12(9)14(19)10-6-17-4-3-8(10)15(13)20/h1-6,18H. The zero-order valence-corrected chi connectivity index (χ0v) is 10.1. The molecule has 0 bridgehead atoms. The first-order valence-corrected chi connectivity index (χ1v) is 6.01. The van der Waals surface area contributed by atoms with Gasteiger partial charge in [-0.05, 0) is 24.3 Å². The van der Waals surface area contributed by atoms with Crippen molar-refractivity contribution in [2.24, 2.45) is 0 Å². The van der Waals surface area contributed by atoms with Gasteiger partial charge in [-0.25, -0.2) is 4.39 Å². The Morgan fingerprint density at radius 3 is 2.75 bits per heavy atom. The minimum Gasteiger partial charge on any atom is -0.351 e. The molecular weight excluding hydrogens is 259 g/mol. The minimum atomic E-state index is -0.421. The second-order valence-electron chi connectivity index (χ2n) is 4.64. The fourth-order valence-corrected chi connectivity index (χ4v) is 2.62. The second-order valence-corrected chi connectivity index (χ2v) is 4.64. The van der Waals surface area contributed by atoms with Crippen LogP contribution in [0.15, 0.2) is 36.7 Å². The number of carbonyl (C=O) groups is 2. The number of fused-ring (bicyclic) bond motifs is 4. The number of benzene rings is 1. The maximum absolute atomic E-state index is 13.3. The van der Waals surface area contributed by atoms with E-state index in [0.717, 1.165) is 0 Å². The summed E-state index contributed by atoms with van der Waals surface area (Å²) in [7, 11) is 0. The summed E-state index contributed by atoms with van der Waals surface area (Å²) in [5.74, 6) is -0.954. The van der Waals surface area contributed by atoms with E-state index in [2.05, 4.69) is 9.97 Å². The van der Waals surface area contributed by atoms with Gasteiger partial charge in [-0.1, -0.05) is 0 Å². The smallest absolute Gasteiger partial charge is 0.210 e. The van der Waals surface area contributed by atoms with Gasteiger partial charge in [-0.3, -0.25) is 14.6 Å². The summed E-state index contributed by atoms with van der Waals surface area (Å²) in [4.78, 5) is 31.6. The van der Waals surface area contributed by atoms with Crippen LogP contribution in [-0.2, 0) is 0 Å². The average molecular weight is 266 g/mol. The summed E-state index contributed by atoms with van der Waals surface area (Å²) in [5, 5.41) is 0.550. The molecule has 0 amide bonds. The molecule has 4 nitrogen and oxygen atoms in total. The normalized spacial score (nSPS) is 13.4. The van der Waals surface area contributed by atoms with Crippen molar-refractivity contribution >= 4 is 22.5 Å². The molecule has 1 N–H and O–H groups in total. The molecule has 96 valence electrons. The number of rotatable bonds is 0. The van der Waals surface area contributed by atoms with Crippen molar-refractivity contribution in [3.63, 3.8) is 0 Å². The zero-order chi connectivity index (χ0) is 13.9. The van der Waals surface area contributed by atoms with Gasteiger partial charge < -0.3 is 4.98 Å². The molecule has 2 heterocycles. The summed E-state index contributed by atoms with van der Waals surface area (Å²) in [6.07, 6.45) is 2.86. The maximum atomic E-state index is 13.3. The van der Waals surface area contributed by atoms with Gasteiger partial charge in [0.05, 0.1) is 16.8 Å². The molecule has 1 aromatic carbocycles. The van der Waals surface area contributed by atoms with Crippen molar-refractivity contribution in [3.05, 3.63) is 64.9 Å². The number of aromatic amines is 1. The highest BCUT2D eigenvalue weighted by Gasteiger charge is 2.33. The molecule has 0 saturated carbocycles. The summed E-state index contributed by atoms with van der Waals surface area (Å²) < 4.78 is 13.3. The Balaban J connectivity index is 2.11. The molecule has 0 spiro atoms. The Morgan fingerprint density at radius 2 is 1.90 bits per heavy atom. The number of nitrogens with zero attached hydrogens (tertiary/aromatic N) is 1. The van der Waals surface area contributed by atoms with Gasteiger partial charge in [-0.15, -0.1) is 0 Å². The number of carbonyl (C=O) groups excluding carboxylic acids is 2. The van der Waals surface area contributed by atoms with Crippen LogP contribution in [0.5, 0.6) is 0 Å². The molecule has 0 unspecified atom stereocenters. The zero-order valence-electron chi connectivity index (χ0n) is 10.1. The van der Waals surface area contributed by atoms with Crippen LogP contribution in [0.4, 0.5) is 4.39 Å². The lowest BCUT2D eigenvalue weighted by molar-refractivity contribution is 0.0977. The van der Waals surface area contributed by atoms with Gasteiger partial charge in [0.25, 0.3) is 0 Å². The molecule has 1 aliphatic rings. The summed E-state index contributed by atoms with van der Waals surface area (Å²) in [6, 6.07) is 5.57.